The Hall–Kier alpha value is -3.13. The van der Waals surface area contributed by atoms with Gasteiger partial charge >= 0.3 is 12.3 Å². The maximum absolute atomic E-state index is 14.5. The molecule has 3 aromatic rings. The Morgan fingerprint density at radius 2 is 1.74 bits per heavy atom. The molecule has 1 aromatic heterocycles. The molecule has 0 saturated carbocycles. The normalized spacial score (nSPS) is 13.4. The van der Waals surface area contributed by atoms with Gasteiger partial charge in [-0.3, -0.25) is 4.98 Å². The van der Waals surface area contributed by atoms with Gasteiger partial charge in [0.25, 0.3) is 0 Å². The number of hydrogen-bond donors (Lipinski definition) is 1. The van der Waals surface area contributed by atoms with Crippen molar-refractivity contribution in [3.05, 3.63) is 100 Å². The minimum absolute atomic E-state index is 0.0222. The lowest BCUT2D eigenvalue weighted by Gasteiger charge is -2.35. The fraction of sp³-hybridized carbons (Fsp3) is 0.280. The summed E-state index contributed by atoms with van der Waals surface area (Å²) in [6.07, 6.45) is -4.40. The van der Waals surface area contributed by atoms with Crippen LogP contribution >= 0.6 is 11.6 Å². The summed E-state index contributed by atoms with van der Waals surface area (Å²) in [5, 5.41) is 2.98. The summed E-state index contributed by atoms with van der Waals surface area (Å²) >= 11 is 5.99. The molecule has 0 aliphatic carbocycles. The topological polar surface area (TPSA) is 51.2 Å². The maximum Gasteiger partial charge on any atom is 0.416 e. The number of aromatic nitrogens is 1. The fourth-order valence-corrected chi connectivity index (χ4v) is 3.62. The number of benzene rings is 2. The number of nitrogens with one attached hydrogen (secondary N) is 1. The predicted molar refractivity (Wildman–Crippen MR) is 121 cm³/mol. The van der Waals surface area contributed by atoms with Gasteiger partial charge in [0.1, 0.15) is 11.4 Å². The predicted octanol–water partition coefficient (Wildman–Crippen LogP) is 6.76. The van der Waals surface area contributed by atoms with E-state index in [2.05, 4.69) is 10.3 Å². The molecule has 0 bridgehead atoms. The third-order valence-corrected chi connectivity index (χ3v) is 5.28. The first-order chi connectivity index (χ1) is 16.0. The van der Waals surface area contributed by atoms with Crippen molar-refractivity contribution in [1.82, 2.24) is 10.3 Å². The molecule has 0 radical (unpaired) electrons. The number of hydrogen-bond acceptors (Lipinski definition) is 3. The zero-order chi connectivity index (χ0) is 24.9. The van der Waals surface area contributed by atoms with E-state index in [1.54, 1.807) is 30.3 Å². The highest BCUT2D eigenvalue weighted by Gasteiger charge is 2.41. The van der Waals surface area contributed by atoms with Gasteiger partial charge in [0.15, 0.2) is 0 Å². The number of rotatable bonds is 7. The molecule has 0 spiro atoms. The average molecular weight is 495 g/mol. The number of alkyl halides is 3. The van der Waals surface area contributed by atoms with Crippen LogP contribution in [-0.2, 0) is 22.9 Å². The van der Waals surface area contributed by atoms with Crippen LogP contribution in [0.1, 0.15) is 36.2 Å². The van der Waals surface area contributed by atoms with E-state index < -0.39 is 29.2 Å². The van der Waals surface area contributed by atoms with Crippen LogP contribution in [0.4, 0.5) is 22.4 Å². The molecule has 2 aromatic carbocycles. The Morgan fingerprint density at radius 3 is 2.32 bits per heavy atom. The van der Waals surface area contributed by atoms with Crippen LogP contribution in [0.5, 0.6) is 0 Å². The van der Waals surface area contributed by atoms with Crippen LogP contribution in [0.2, 0.25) is 5.02 Å². The lowest BCUT2D eigenvalue weighted by molar-refractivity contribution is -0.137. The van der Waals surface area contributed by atoms with Gasteiger partial charge in [-0.15, -0.1) is 0 Å². The van der Waals surface area contributed by atoms with Crippen LogP contribution in [-0.4, -0.2) is 17.7 Å². The summed E-state index contributed by atoms with van der Waals surface area (Å²) in [5.41, 5.74) is -2.18. The molecule has 4 nitrogen and oxygen atoms in total. The van der Waals surface area contributed by atoms with E-state index in [1.165, 1.54) is 18.3 Å². The lowest BCUT2D eigenvalue weighted by atomic mass is 9.80. The second-order valence-electron chi connectivity index (χ2n) is 8.27. The molecule has 3 rings (SSSR count). The van der Waals surface area contributed by atoms with Gasteiger partial charge in [-0.25, -0.2) is 9.18 Å². The number of carbonyl (C=O) groups is 1. The Labute approximate surface area is 199 Å². The molecule has 0 fully saturated rings. The molecule has 0 aliphatic rings. The quantitative estimate of drug-likeness (QED) is 0.369. The van der Waals surface area contributed by atoms with Crippen molar-refractivity contribution in [1.29, 1.82) is 0 Å². The molecule has 1 N–H and O–H groups in total. The van der Waals surface area contributed by atoms with Gasteiger partial charge in [0.2, 0.25) is 0 Å². The summed E-state index contributed by atoms with van der Waals surface area (Å²) in [4.78, 5) is 17.1. The van der Waals surface area contributed by atoms with Crippen LogP contribution < -0.4 is 5.32 Å². The second-order valence-corrected chi connectivity index (χ2v) is 8.71. The van der Waals surface area contributed by atoms with Crippen molar-refractivity contribution >= 4 is 17.7 Å². The summed E-state index contributed by atoms with van der Waals surface area (Å²) in [5.74, 6) is -1.08. The molecule has 1 atom stereocenters. The Morgan fingerprint density at radius 1 is 1.06 bits per heavy atom. The smallest absolute Gasteiger partial charge is 0.416 e. The van der Waals surface area contributed by atoms with Gasteiger partial charge in [0, 0.05) is 12.6 Å². The van der Waals surface area contributed by atoms with E-state index in [0.717, 1.165) is 12.1 Å². The van der Waals surface area contributed by atoms with Crippen molar-refractivity contribution in [2.75, 3.05) is 6.61 Å². The van der Waals surface area contributed by atoms with Gasteiger partial charge in [0.05, 0.1) is 22.9 Å². The maximum atomic E-state index is 14.5. The van der Waals surface area contributed by atoms with E-state index in [1.807, 2.05) is 13.8 Å². The second kappa shape index (κ2) is 10.4. The summed E-state index contributed by atoms with van der Waals surface area (Å²) in [6.45, 7) is 3.76. The van der Waals surface area contributed by atoms with Crippen LogP contribution in [0.3, 0.4) is 0 Å². The van der Waals surface area contributed by atoms with E-state index >= 15 is 0 Å². The van der Waals surface area contributed by atoms with Gasteiger partial charge in [-0.05, 0) is 47.4 Å². The van der Waals surface area contributed by atoms with Crippen molar-refractivity contribution in [3.63, 3.8) is 0 Å². The minimum Gasteiger partial charge on any atom is -0.449 e. The largest absolute Gasteiger partial charge is 0.449 e. The Balaban J connectivity index is 2.25. The first kappa shape index (κ1) is 25.5. The third-order valence-electron chi connectivity index (χ3n) is 5.06. The summed E-state index contributed by atoms with van der Waals surface area (Å²) in [6, 6.07) is 13.9. The molecular formula is C25H23ClF4N2O2. The highest BCUT2D eigenvalue weighted by Crippen LogP contribution is 2.38. The molecule has 0 saturated heterocycles. The zero-order valence-corrected chi connectivity index (χ0v) is 19.3. The number of alkyl carbamates (subject to hydrolysis) is 1. The SMILES string of the molecule is CC(C)COC(=O)N[C@](Cc1ccccc1)(c1cc(F)cc(C(F)(F)F)c1)c1ccc(Cl)cn1. The van der Waals surface area contributed by atoms with E-state index in [9.17, 15) is 22.4 Å². The van der Waals surface area contributed by atoms with E-state index in [0.29, 0.717) is 11.6 Å². The molecule has 1 amide bonds. The van der Waals surface area contributed by atoms with Crippen molar-refractivity contribution in [2.45, 2.75) is 32.0 Å². The van der Waals surface area contributed by atoms with Crippen molar-refractivity contribution in [3.8, 4) is 0 Å². The van der Waals surface area contributed by atoms with Crippen LogP contribution in [0.25, 0.3) is 0 Å². The van der Waals surface area contributed by atoms with Crippen LogP contribution in [0.15, 0.2) is 66.9 Å². The summed E-state index contributed by atoms with van der Waals surface area (Å²) in [7, 11) is 0. The summed E-state index contributed by atoms with van der Waals surface area (Å²) < 4.78 is 60.5. The first-order valence-corrected chi connectivity index (χ1v) is 10.9. The van der Waals surface area contributed by atoms with Crippen LogP contribution in [0, 0.1) is 11.7 Å². The van der Waals surface area contributed by atoms with Gasteiger partial charge < -0.3 is 10.1 Å². The van der Waals surface area contributed by atoms with E-state index in [4.69, 9.17) is 16.3 Å². The third kappa shape index (κ3) is 6.26. The molecule has 180 valence electrons. The first-order valence-electron chi connectivity index (χ1n) is 10.5. The molecule has 9 heteroatoms. The number of halogens is 5. The molecular weight excluding hydrogens is 472 g/mol. The van der Waals surface area contributed by atoms with Gasteiger partial charge in [-0.2, -0.15) is 13.2 Å². The fourth-order valence-electron chi connectivity index (χ4n) is 3.50. The molecule has 1 heterocycles. The highest BCUT2D eigenvalue weighted by atomic mass is 35.5. The number of carbonyl (C=O) groups excluding carboxylic acids is 1. The molecule has 0 unspecified atom stereocenters. The monoisotopic (exact) mass is 494 g/mol. The Kier molecular flexibility index (Phi) is 7.82. The average Bonchev–Trinajstić information content (AvgIpc) is 2.77. The number of nitrogens with zero attached hydrogens (tertiary/aromatic N) is 1. The molecule has 0 aliphatic heterocycles. The van der Waals surface area contributed by atoms with E-state index in [-0.39, 0.29) is 35.2 Å². The minimum atomic E-state index is -4.80. The van der Waals surface area contributed by atoms with Crippen molar-refractivity contribution < 1.29 is 27.1 Å². The number of pyridine rings is 1. The number of amides is 1. The van der Waals surface area contributed by atoms with Gasteiger partial charge in [-0.1, -0.05) is 55.8 Å². The zero-order valence-electron chi connectivity index (χ0n) is 18.5. The lowest BCUT2D eigenvalue weighted by Crippen LogP contribution is -2.49. The van der Waals surface area contributed by atoms with Crippen molar-refractivity contribution in [2.24, 2.45) is 5.92 Å². The Bertz CT molecular complexity index is 1120. The molecule has 34 heavy (non-hydrogen) atoms. The standard InChI is InChI=1S/C25H23ClF4N2O2/c1-16(2)15-34-23(33)32-24(13-17-6-4-3-5-7-17,22-9-8-20(26)14-31-22)18-10-19(25(28,29)30)12-21(27)11-18/h3-12,14,16H,13,15H2,1-2H3,(H,32,33)/t24-/m1/s1. The highest BCUT2D eigenvalue weighted by molar-refractivity contribution is 6.30. The number of ether oxygens (including phenoxy) is 1.